The van der Waals surface area contributed by atoms with Crippen LogP contribution in [0.15, 0.2) is 30.3 Å². The van der Waals surface area contributed by atoms with Crippen molar-refractivity contribution in [1.29, 1.82) is 0 Å². The minimum atomic E-state index is -0.613. The number of carbonyl (C=O) groups is 1. The Morgan fingerprint density at radius 1 is 1.11 bits per heavy atom. The van der Waals surface area contributed by atoms with Crippen LogP contribution in [0.4, 0.5) is 11.4 Å². The molecule has 0 unspecified atom stereocenters. The van der Waals surface area contributed by atoms with E-state index in [9.17, 15) is 14.9 Å². The van der Waals surface area contributed by atoms with E-state index in [1.165, 1.54) is 51.7 Å². The summed E-state index contributed by atoms with van der Waals surface area (Å²) in [5.74, 6) is 0.339. The molecule has 0 bridgehead atoms. The van der Waals surface area contributed by atoms with Crippen molar-refractivity contribution in [2.75, 3.05) is 26.6 Å². The van der Waals surface area contributed by atoms with E-state index in [4.69, 9.17) is 38.0 Å². The standard InChI is InChI=1S/C17H16ClN3O6S/c1-25-13-6-9(7-14(26-2)15(13)27-3)16(22)20-17(28)19-11-5-4-10(18)8-12(11)21(23)24/h4-8H,1-3H3,(H2,19,20,22,28). The lowest BCUT2D eigenvalue weighted by Gasteiger charge is -2.14. The third kappa shape index (κ3) is 4.78. The van der Waals surface area contributed by atoms with E-state index in [2.05, 4.69) is 10.6 Å². The van der Waals surface area contributed by atoms with E-state index >= 15 is 0 Å². The number of amides is 1. The summed E-state index contributed by atoms with van der Waals surface area (Å²) >= 11 is 10.9. The minimum absolute atomic E-state index is 0.0876. The van der Waals surface area contributed by atoms with Gasteiger partial charge in [-0.1, -0.05) is 11.6 Å². The molecule has 0 spiro atoms. The zero-order valence-corrected chi connectivity index (χ0v) is 16.6. The average molecular weight is 426 g/mol. The highest BCUT2D eigenvalue weighted by Crippen LogP contribution is 2.38. The largest absolute Gasteiger partial charge is 0.493 e. The van der Waals surface area contributed by atoms with Crippen molar-refractivity contribution in [3.05, 3.63) is 51.0 Å². The van der Waals surface area contributed by atoms with Crippen molar-refractivity contribution in [2.45, 2.75) is 0 Å². The maximum absolute atomic E-state index is 12.5. The Hall–Kier alpha value is -3.11. The summed E-state index contributed by atoms with van der Waals surface area (Å²) in [5, 5.41) is 16.3. The zero-order valence-electron chi connectivity index (χ0n) is 15.1. The molecule has 1 amide bonds. The molecule has 0 atom stereocenters. The number of ether oxygens (including phenoxy) is 3. The van der Waals surface area contributed by atoms with E-state index in [-0.39, 0.29) is 27.1 Å². The number of halogens is 1. The van der Waals surface area contributed by atoms with E-state index in [1.807, 2.05) is 0 Å². The second-order valence-electron chi connectivity index (χ2n) is 5.24. The van der Waals surface area contributed by atoms with E-state index in [0.717, 1.165) is 0 Å². The molecule has 2 aromatic carbocycles. The van der Waals surface area contributed by atoms with Crippen LogP contribution in [-0.2, 0) is 0 Å². The van der Waals surface area contributed by atoms with Gasteiger partial charge in [0, 0.05) is 16.7 Å². The third-order valence-electron chi connectivity index (χ3n) is 3.56. The first-order chi connectivity index (χ1) is 13.3. The summed E-state index contributed by atoms with van der Waals surface area (Å²) < 4.78 is 15.6. The van der Waals surface area contributed by atoms with Crippen LogP contribution in [0.2, 0.25) is 5.02 Å². The summed E-state index contributed by atoms with van der Waals surface area (Å²) in [4.78, 5) is 23.0. The van der Waals surface area contributed by atoms with Crippen LogP contribution < -0.4 is 24.8 Å². The van der Waals surface area contributed by atoms with Crippen LogP contribution >= 0.6 is 23.8 Å². The first-order valence-electron chi connectivity index (χ1n) is 7.67. The molecule has 0 aliphatic carbocycles. The molecular weight excluding hydrogens is 410 g/mol. The van der Waals surface area contributed by atoms with Gasteiger partial charge < -0.3 is 19.5 Å². The quantitative estimate of drug-likeness (QED) is 0.411. The van der Waals surface area contributed by atoms with Crippen LogP contribution in [0.1, 0.15) is 10.4 Å². The molecule has 0 saturated carbocycles. The van der Waals surface area contributed by atoms with Gasteiger partial charge in [-0.3, -0.25) is 20.2 Å². The monoisotopic (exact) mass is 425 g/mol. The number of thiocarbonyl (C=S) groups is 1. The fourth-order valence-electron chi connectivity index (χ4n) is 2.30. The highest BCUT2D eigenvalue weighted by molar-refractivity contribution is 7.80. The molecule has 0 heterocycles. The summed E-state index contributed by atoms with van der Waals surface area (Å²) in [6.07, 6.45) is 0. The fraction of sp³-hybridized carbons (Fsp3) is 0.176. The van der Waals surface area contributed by atoms with Crippen LogP contribution in [0.3, 0.4) is 0 Å². The van der Waals surface area contributed by atoms with E-state index in [0.29, 0.717) is 17.2 Å². The van der Waals surface area contributed by atoms with Gasteiger partial charge in [0.15, 0.2) is 16.6 Å². The number of nitro groups is 1. The van der Waals surface area contributed by atoms with Gasteiger partial charge in [-0.25, -0.2) is 0 Å². The van der Waals surface area contributed by atoms with Crippen molar-refractivity contribution >= 4 is 46.2 Å². The number of nitro benzene ring substituents is 1. The number of methoxy groups -OCH3 is 3. The smallest absolute Gasteiger partial charge is 0.294 e. The second-order valence-corrected chi connectivity index (χ2v) is 6.09. The first-order valence-corrected chi connectivity index (χ1v) is 8.45. The molecule has 0 aliphatic heterocycles. The minimum Gasteiger partial charge on any atom is -0.493 e. The summed E-state index contributed by atoms with van der Waals surface area (Å²) in [6.45, 7) is 0. The van der Waals surface area contributed by atoms with Crippen molar-refractivity contribution in [2.24, 2.45) is 0 Å². The molecule has 0 fully saturated rings. The lowest BCUT2D eigenvalue weighted by molar-refractivity contribution is -0.383. The predicted molar refractivity (Wildman–Crippen MR) is 108 cm³/mol. The number of nitrogens with zero attached hydrogens (tertiary/aromatic N) is 1. The normalized spacial score (nSPS) is 10.0. The van der Waals surface area contributed by atoms with Gasteiger partial charge in [-0.05, 0) is 36.5 Å². The van der Waals surface area contributed by atoms with Gasteiger partial charge in [0.05, 0.1) is 26.3 Å². The van der Waals surface area contributed by atoms with Gasteiger partial charge in [-0.2, -0.15) is 0 Å². The number of hydrogen-bond donors (Lipinski definition) is 2. The number of benzene rings is 2. The van der Waals surface area contributed by atoms with Crippen LogP contribution in [0.25, 0.3) is 0 Å². The lowest BCUT2D eigenvalue weighted by atomic mass is 10.1. The van der Waals surface area contributed by atoms with Crippen molar-refractivity contribution in [3.8, 4) is 17.2 Å². The molecule has 0 aromatic heterocycles. The van der Waals surface area contributed by atoms with Gasteiger partial charge in [0.2, 0.25) is 5.75 Å². The molecule has 0 aliphatic rings. The summed E-state index contributed by atoms with van der Waals surface area (Å²) in [7, 11) is 4.29. The fourth-order valence-corrected chi connectivity index (χ4v) is 2.67. The van der Waals surface area contributed by atoms with Crippen molar-refractivity contribution < 1.29 is 23.9 Å². The summed E-state index contributed by atoms with van der Waals surface area (Å²) in [6, 6.07) is 6.92. The molecular formula is C17H16ClN3O6S. The molecule has 2 rings (SSSR count). The Labute approximate surface area is 170 Å². The Morgan fingerprint density at radius 3 is 2.21 bits per heavy atom. The Bertz CT molecular complexity index is 912. The lowest BCUT2D eigenvalue weighted by Crippen LogP contribution is -2.34. The number of anilines is 1. The van der Waals surface area contributed by atoms with Crippen LogP contribution in [0, 0.1) is 10.1 Å². The molecule has 2 aromatic rings. The van der Waals surface area contributed by atoms with Gasteiger partial charge in [-0.15, -0.1) is 0 Å². The van der Waals surface area contributed by atoms with Gasteiger partial charge in [0.1, 0.15) is 5.69 Å². The highest BCUT2D eigenvalue weighted by atomic mass is 35.5. The maximum atomic E-state index is 12.5. The Kier molecular flexibility index (Phi) is 6.96. The SMILES string of the molecule is COc1cc(C(=O)NC(=S)Nc2ccc(Cl)cc2[N+](=O)[O-])cc(OC)c1OC. The number of hydrogen-bond acceptors (Lipinski definition) is 7. The Balaban J connectivity index is 2.22. The average Bonchev–Trinajstić information content (AvgIpc) is 2.67. The molecule has 148 valence electrons. The summed E-state index contributed by atoms with van der Waals surface area (Å²) in [5.41, 5.74) is -0.00858. The number of carbonyl (C=O) groups excluding carboxylic acids is 1. The molecule has 9 nitrogen and oxygen atoms in total. The van der Waals surface area contributed by atoms with E-state index < -0.39 is 10.8 Å². The van der Waals surface area contributed by atoms with Gasteiger partial charge in [0.25, 0.3) is 11.6 Å². The number of rotatable bonds is 6. The maximum Gasteiger partial charge on any atom is 0.294 e. The van der Waals surface area contributed by atoms with E-state index in [1.54, 1.807) is 0 Å². The zero-order chi connectivity index (χ0) is 20.8. The topological polar surface area (TPSA) is 112 Å². The first kappa shape index (κ1) is 21.2. The predicted octanol–water partition coefficient (Wildman–Crippen LogP) is 3.40. The molecule has 11 heteroatoms. The highest BCUT2D eigenvalue weighted by Gasteiger charge is 2.19. The third-order valence-corrected chi connectivity index (χ3v) is 4.00. The molecule has 28 heavy (non-hydrogen) atoms. The Morgan fingerprint density at radius 2 is 1.71 bits per heavy atom. The van der Waals surface area contributed by atoms with Crippen LogP contribution in [0.5, 0.6) is 17.2 Å². The van der Waals surface area contributed by atoms with Gasteiger partial charge >= 0.3 is 0 Å². The van der Waals surface area contributed by atoms with Crippen LogP contribution in [-0.4, -0.2) is 37.3 Å². The van der Waals surface area contributed by atoms with Crippen molar-refractivity contribution in [3.63, 3.8) is 0 Å². The van der Waals surface area contributed by atoms with Crippen molar-refractivity contribution in [1.82, 2.24) is 5.32 Å². The number of nitrogens with one attached hydrogen (secondary N) is 2. The second kappa shape index (κ2) is 9.20. The molecule has 2 N–H and O–H groups in total. The molecule has 0 saturated heterocycles. The molecule has 0 radical (unpaired) electrons.